The molecule has 0 spiro atoms. The molecule has 0 aromatic heterocycles. The van der Waals surface area contributed by atoms with E-state index in [-0.39, 0.29) is 6.61 Å². The summed E-state index contributed by atoms with van der Waals surface area (Å²) in [4.78, 5) is 2.48. The number of nitrogens with two attached hydrogens (primary N) is 1. The largest absolute Gasteiger partial charge is 0.394 e. The lowest BCUT2D eigenvalue weighted by Gasteiger charge is -2.31. The maximum atomic E-state index is 8.64. The third-order valence-corrected chi connectivity index (χ3v) is 2.91. The molecular formula is C11H24N2O2. The summed E-state index contributed by atoms with van der Waals surface area (Å²) in [6, 6.07) is 0. The van der Waals surface area contributed by atoms with Gasteiger partial charge in [-0.25, -0.2) is 0 Å². The van der Waals surface area contributed by atoms with Crippen LogP contribution < -0.4 is 5.73 Å². The van der Waals surface area contributed by atoms with Crippen LogP contribution >= 0.6 is 0 Å². The van der Waals surface area contributed by atoms with Crippen LogP contribution in [0.2, 0.25) is 0 Å². The van der Waals surface area contributed by atoms with E-state index in [0.717, 1.165) is 38.9 Å². The lowest BCUT2D eigenvalue weighted by Crippen LogP contribution is -2.37. The van der Waals surface area contributed by atoms with E-state index in [1.165, 1.54) is 13.0 Å². The molecule has 1 saturated heterocycles. The number of aliphatic hydroxyl groups excluding tert-OH is 1. The van der Waals surface area contributed by atoms with E-state index in [2.05, 4.69) is 4.90 Å². The van der Waals surface area contributed by atoms with Crippen LogP contribution in [-0.4, -0.2) is 55.5 Å². The molecule has 90 valence electrons. The maximum Gasteiger partial charge on any atom is 0.0701 e. The number of rotatable bonds is 7. The van der Waals surface area contributed by atoms with Crippen molar-refractivity contribution < 1.29 is 9.84 Å². The summed E-state index contributed by atoms with van der Waals surface area (Å²) < 4.78 is 5.51. The Labute approximate surface area is 92.4 Å². The van der Waals surface area contributed by atoms with Gasteiger partial charge in [0.05, 0.1) is 19.3 Å². The topological polar surface area (TPSA) is 58.7 Å². The summed E-state index contributed by atoms with van der Waals surface area (Å²) in [7, 11) is 0. The van der Waals surface area contributed by atoms with Gasteiger partial charge in [-0.15, -0.1) is 0 Å². The van der Waals surface area contributed by atoms with Crippen LogP contribution in [0.1, 0.15) is 25.7 Å². The van der Waals surface area contributed by atoms with Crippen LogP contribution in [-0.2, 0) is 4.74 Å². The fraction of sp³-hybridized carbons (Fsp3) is 1.00. The van der Waals surface area contributed by atoms with Gasteiger partial charge in [0, 0.05) is 13.1 Å². The molecule has 1 aliphatic rings. The van der Waals surface area contributed by atoms with Crippen LogP contribution in [0.4, 0.5) is 0 Å². The monoisotopic (exact) mass is 216 g/mol. The van der Waals surface area contributed by atoms with E-state index in [1.54, 1.807) is 0 Å². The Balaban J connectivity index is 2.02. The molecule has 1 heterocycles. The van der Waals surface area contributed by atoms with E-state index in [0.29, 0.717) is 12.7 Å². The van der Waals surface area contributed by atoms with Crippen molar-refractivity contribution in [1.29, 1.82) is 0 Å². The predicted molar refractivity (Wildman–Crippen MR) is 60.8 cm³/mol. The Morgan fingerprint density at radius 3 is 2.60 bits per heavy atom. The number of nitrogens with zero attached hydrogens (tertiary/aromatic N) is 1. The van der Waals surface area contributed by atoms with Gasteiger partial charge >= 0.3 is 0 Å². The summed E-state index contributed by atoms with van der Waals surface area (Å²) in [5.41, 5.74) is 5.46. The first-order valence-corrected chi connectivity index (χ1v) is 6.01. The van der Waals surface area contributed by atoms with Crippen molar-refractivity contribution in [2.24, 2.45) is 5.73 Å². The molecule has 4 heteroatoms. The summed E-state index contributed by atoms with van der Waals surface area (Å²) in [6.45, 7) is 4.84. The molecule has 1 rings (SSSR count). The molecule has 0 saturated carbocycles. The van der Waals surface area contributed by atoms with Crippen LogP contribution in [0.25, 0.3) is 0 Å². The normalized spacial score (nSPS) is 19.6. The zero-order valence-corrected chi connectivity index (χ0v) is 9.53. The molecule has 0 bridgehead atoms. The summed E-state index contributed by atoms with van der Waals surface area (Å²) >= 11 is 0. The lowest BCUT2D eigenvalue weighted by atomic mass is 10.1. The maximum absolute atomic E-state index is 8.64. The highest BCUT2D eigenvalue weighted by Gasteiger charge is 2.18. The molecule has 0 aliphatic carbocycles. The van der Waals surface area contributed by atoms with Crippen molar-refractivity contribution in [3.8, 4) is 0 Å². The first-order valence-electron chi connectivity index (χ1n) is 6.01. The number of ether oxygens (including phenoxy) is 1. The second kappa shape index (κ2) is 8.05. The Morgan fingerprint density at radius 1 is 1.27 bits per heavy atom. The van der Waals surface area contributed by atoms with Crippen LogP contribution in [0.5, 0.6) is 0 Å². The van der Waals surface area contributed by atoms with Gasteiger partial charge in [0.15, 0.2) is 0 Å². The smallest absolute Gasteiger partial charge is 0.0701 e. The molecule has 3 N–H and O–H groups in total. The Kier molecular flexibility index (Phi) is 6.92. The van der Waals surface area contributed by atoms with E-state index < -0.39 is 0 Å². The summed E-state index contributed by atoms with van der Waals surface area (Å²) in [5, 5.41) is 8.64. The van der Waals surface area contributed by atoms with E-state index in [1.807, 2.05) is 0 Å². The minimum Gasteiger partial charge on any atom is -0.394 e. The third kappa shape index (κ3) is 5.47. The average molecular weight is 216 g/mol. The number of aliphatic hydroxyl groups is 1. The van der Waals surface area contributed by atoms with Crippen LogP contribution in [0.3, 0.4) is 0 Å². The highest BCUT2D eigenvalue weighted by Crippen LogP contribution is 2.13. The Bertz CT molecular complexity index is 148. The minimum absolute atomic E-state index is 0.136. The fourth-order valence-corrected chi connectivity index (χ4v) is 2.00. The van der Waals surface area contributed by atoms with E-state index in [9.17, 15) is 0 Å². The first kappa shape index (κ1) is 12.9. The van der Waals surface area contributed by atoms with E-state index in [4.69, 9.17) is 15.6 Å². The molecule has 4 nitrogen and oxygen atoms in total. The van der Waals surface area contributed by atoms with E-state index >= 15 is 0 Å². The van der Waals surface area contributed by atoms with Gasteiger partial charge in [-0.3, -0.25) is 0 Å². The van der Waals surface area contributed by atoms with Crippen molar-refractivity contribution >= 4 is 0 Å². The molecule has 0 aromatic rings. The number of hydrogen-bond donors (Lipinski definition) is 2. The van der Waals surface area contributed by atoms with Crippen LogP contribution in [0.15, 0.2) is 0 Å². The van der Waals surface area contributed by atoms with Gasteiger partial charge < -0.3 is 20.5 Å². The van der Waals surface area contributed by atoms with Crippen molar-refractivity contribution in [1.82, 2.24) is 4.90 Å². The van der Waals surface area contributed by atoms with Crippen LogP contribution in [0, 0.1) is 0 Å². The van der Waals surface area contributed by atoms with Gasteiger partial charge in [-0.1, -0.05) is 0 Å². The van der Waals surface area contributed by atoms with Gasteiger partial charge in [0.2, 0.25) is 0 Å². The number of hydrogen-bond acceptors (Lipinski definition) is 4. The highest BCUT2D eigenvalue weighted by atomic mass is 16.5. The standard InChI is InChI=1S/C11H24N2O2/c12-5-1-2-6-13-7-3-11(4-8-13)15-10-9-14/h11,14H,1-10,12H2. The molecule has 0 unspecified atom stereocenters. The van der Waals surface area contributed by atoms with Crippen molar-refractivity contribution in [2.75, 3.05) is 39.4 Å². The summed E-state index contributed by atoms with van der Waals surface area (Å²) in [5.74, 6) is 0. The number of likely N-dealkylation sites (tertiary alicyclic amines) is 1. The first-order chi connectivity index (χ1) is 7.36. The van der Waals surface area contributed by atoms with Gasteiger partial charge in [-0.05, 0) is 38.8 Å². The average Bonchev–Trinajstić information content (AvgIpc) is 2.28. The Morgan fingerprint density at radius 2 is 2.00 bits per heavy atom. The summed E-state index contributed by atoms with van der Waals surface area (Å²) in [6.07, 6.45) is 4.90. The predicted octanol–water partition coefficient (Wildman–Crippen LogP) is 0.199. The fourth-order valence-electron chi connectivity index (χ4n) is 2.00. The second-order valence-electron chi connectivity index (χ2n) is 4.13. The Hall–Kier alpha value is -0.160. The van der Waals surface area contributed by atoms with Crippen molar-refractivity contribution in [3.63, 3.8) is 0 Å². The second-order valence-corrected chi connectivity index (χ2v) is 4.13. The van der Waals surface area contributed by atoms with Crippen molar-refractivity contribution in [3.05, 3.63) is 0 Å². The van der Waals surface area contributed by atoms with Crippen molar-refractivity contribution in [2.45, 2.75) is 31.8 Å². The molecule has 0 aromatic carbocycles. The van der Waals surface area contributed by atoms with Gasteiger partial charge in [-0.2, -0.15) is 0 Å². The zero-order valence-electron chi connectivity index (χ0n) is 9.53. The molecule has 0 radical (unpaired) electrons. The molecule has 0 amide bonds. The third-order valence-electron chi connectivity index (χ3n) is 2.91. The number of piperidine rings is 1. The molecule has 1 aliphatic heterocycles. The molecule has 0 atom stereocenters. The SMILES string of the molecule is NCCCCN1CCC(OCCO)CC1. The molecule has 1 fully saturated rings. The minimum atomic E-state index is 0.136. The highest BCUT2D eigenvalue weighted by molar-refractivity contribution is 4.72. The zero-order chi connectivity index (χ0) is 10.9. The van der Waals surface area contributed by atoms with Gasteiger partial charge in [0.1, 0.15) is 0 Å². The quantitative estimate of drug-likeness (QED) is 0.597. The molecule has 15 heavy (non-hydrogen) atoms. The number of unbranched alkanes of at least 4 members (excludes halogenated alkanes) is 1. The van der Waals surface area contributed by atoms with Gasteiger partial charge in [0.25, 0.3) is 0 Å². The molecular weight excluding hydrogens is 192 g/mol. The lowest BCUT2D eigenvalue weighted by molar-refractivity contribution is -0.00784.